The van der Waals surface area contributed by atoms with Gasteiger partial charge in [0.25, 0.3) is 0 Å². The van der Waals surface area contributed by atoms with Gasteiger partial charge in [0.2, 0.25) is 29.1 Å². The molecule has 1 aromatic carbocycles. The van der Waals surface area contributed by atoms with Crippen molar-refractivity contribution in [3.05, 3.63) is 29.1 Å². The van der Waals surface area contributed by atoms with E-state index in [0.717, 1.165) is 0 Å². The summed E-state index contributed by atoms with van der Waals surface area (Å²) in [5, 5.41) is -0.640. The van der Waals surface area contributed by atoms with Crippen molar-refractivity contribution in [1.29, 1.82) is 0 Å². The molecule has 0 aromatic heterocycles. The molecule has 1 rings (SSSR count). The first kappa shape index (κ1) is 12.4. The first-order valence-electron chi connectivity index (χ1n) is 4.26. The van der Waals surface area contributed by atoms with Crippen molar-refractivity contribution in [2.45, 2.75) is 6.92 Å². The maximum atomic E-state index is 13.1. The third-order valence-electron chi connectivity index (χ3n) is 2.17. The second-order valence-corrected chi connectivity index (χ2v) is 5.85. The molecule has 1 atom stereocenters. The molecule has 6 heteroatoms. The number of halogens is 5. The number of hydrogen-bond donors (Lipinski definition) is 0. The Bertz CT molecular complexity index is 362. The van der Waals surface area contributed by atoms with E-state index in [-0.39, 0.29) is 0 Å². The zero-order valence-electron chi connectivity index (χ0n) is 8.10. The maximum Gasteiger partial charge on any atom is 0.206 e. The van der Waals surface area contributed by atoms with Crippen molar-refractivity contribution in [2.24, 2.45) is 0 Å². The smallest absolute Gasteiger partial charge is 0.200 e. The summed E-state index contributed by atoms with van der Waals surface area (Å²) in [6.45, 7) is 3.15. The van der Waals surface area contributed by atoms with Gasteiger partial charge in [-0.1, -0.05) is 0 Å². The van der Waals surface area contributed by atoms with Crippen molar-refractivity contribution in [3.8, 4) is 0 Å². The van der Waals surface area contributed by atoms with Crippen LogP contribution in [0, 0.1) is 29.1 Å². The Morgan fingerprint density at radius 2 is 1.13 bits per heavy atom. The minimum atomic E-state index is -2.10. The Morgan fingerprint density at radius 3 is 1.47 bits per heavy atom. The highest BCUT2D eigenvalue weighted by atomic mass is 31.1. The van der Waals surface area contributed by atoms with Crippen molar-refractivity contribution in [2.75, 3.05) is 12.8 Å². The minimum absolute atomic E-state index is 0.392. The molecular weight excluding hydrogens is 234 g/mol. The molecule has 0 bridgehead atoms. The highest BCUT2D eigenvalue weighted by Crippen LogP contribution is 2.33. The molecule has 0 spiro atoms. The fourth-order valence-electron chi connectivity index (χ4n) is 1.16. The standard InChI is InChI=1S/C9H8F5P/c1-3-15(2)9-7(13)5(11)4(10)6(12)8(9)14/h3H2,1-2H3/p+1. The van der Waals surface area contributed by atoms with Crippen LogP contribution in [-0.2, 0) is 0 Å². The van der Waals surface area contributed by atoms with Crippen LogP contribution in [0.4, 0.5) is 22.0 Å². The lowest BCUT2D eigenvalue weighted by molar-refractivity contribution is 0.384. The highest BCUT2D eigenvalue weighted by molar-refractivity contribution is 7.64. The molecular formula is C9H9F5P+. The summed E-state index contributed by atoms with van der Waals surface area (Å²) in [5.74, 6) is -9.20. The summed E-state index contributed by atoms with van der Waals surface area (Å²) < 4.78 is 64.4. The monoisotopic (exact) mass is 243 g/mol. The normalized spacial score (nSPS) is 13.0. The van der Waals surface area contributed by atoms with Crippen LogP contribution in [0.25, 0.3) is 0 Å². The average Bonchev–Trinajstić information content (AvgIpc) is 2.23. The number of benzene rings is 1. The molecule has 0 saturated carbocycles. The molecule has 0 aliphatic heterocycles. The van der Waals surface area contributed by atoms with E-state index in [0.29, 0.717) is 6.16 Å². The third kappa shape index (κ3) is 1.98. The first-order chi connectivity index (χ1) is 6.91. The highest BCUT2D eigenvalue weighted by Gasteiger charge is 2.32. The predicted octanol–water partition coefficient (Wildman–Crippen LogP) is 2.87. The fourth-order valence-corrected chi connectivity index (χ4v) is 2.48. The summed E-state index contributed by atoms with van der Waals surface area (Å²) >= 11 is 0. The van der Waals surface area contributed by atoms with Crippen LogP contribution in [0.15, 0.2) is 0 Å². The molecule has 15 heavy (non-hydrogen) atoms. The molecule has 0 saturated heterocycles. The van der Waals surface area contributed by atoms with E-state index in [9.17, 15) is 22.0 Å². The summed E-state index contributed by atoms with van der Waals surface area (Å²) in [7, 11) is -1.72. The van der Waals surface area contributed by atoms with Crippen LogP contribution in [0.2, 0.25) is 0 Å². The van der Waals surface area contributed by atoms with Gasteiger partial charge >= 0.3 is 0 Å². The van der Waals surface area contributed by atoms with Crippen molar-refractivity contribution >= 4 is 13.2 Å². The lowest BCUT2D eigenvalue weighted by Gasteiger charge is -2.07. The van der Waals surface area contributed by atoms with E-state index in [2.05, 4.69) is 0 Å². The third-order valence-corrected chi connectivity index (χ3v) is 4.52. The van der Waals surface area contributed by atoms with Crippen LogP contribution in [0.3, 0.4) is 0 Å². The molecule has 0 radical (unpaired) electrons. The molecule has 1 aromatic rings. The van der Waals surface area contributed by atoms with E-state index in [1.165, 1.54) is 6.66 Å². The lowest BCUT2D eigenvalue weighted by Crippen LogP contribution is -2.19. The molecule has 0 N–H and O–H groups in total. The average molecular weight is 243 g/mol. The zero-order valence-corrected chi connectivity index (χ0v) is 9.10. The summed E-state index contributed by atoms with van der Waals surface area (Å²) in [6, 6.07) is 0. The SMILES string of the molecule is CC[PH+](C)c1c(F)c(F)c(F)c(F)c1F. The van der Waals surface area contributed by atoms with Gasteiger partial charge < -0.3 is 0 Å². The lowest BCUT2D eigenvalue weighted by atomic mass is 10.3. The minimum Gasteiger partial charge on any atom is -0.200 e. The van der Waals surface area contributed by atoms with Gasteiger partial charge in [-0.2, -0.15) is 8.78 Å². The van der Waals surface area contributed by atoms with Crippen LogP contribution < -0.4 is 5.30 Å². The van der Waals surface area contributed by atoms with Gasteiger partial charge in [-0.25, -0.2) is 13.2 Å². The van der Waals surface area contributed by atoms with Gasteiger partial charge in [0.05, 0.1) is 12.8 Å². The second-order valence-electron chi connectivity index (χ2n) is 3.08. The first-order valence-corrected chi connectivity index (χ1v) is 6.46. The molecule has 84 valence electrons. The Kier molecular flexibility index (Phi) is 3.66. The molecule has 0 heterocycles. The van der Waals surface area contributed by atoms with Crippen molar-refractivity contribution in [3.63, 3.8) is 0 Å². The summed E-state index contributed by atoms with van der Waals surface area (Å²) in [5.41, 5.74) is 0. The zero-order chi connectivity index (χ0) is 11.7. The molecule has 0 fully saturated rings. The Labute approximate surface area is 84.9 Å². The molecule has 0 aliphatic rings. The van der Waals surface area contributed by atoms with Gasteiger partial charge in [0.15, 0.2) is 5.30 Å². The Hall–Kier alpha value is -0.700. The van der Waals surface area contributed by atoms with Crippen LogP contribution in [0.5, 0.6) is 0 Å². The topological polar surface area (TPSA) is 0 Å². The van der Waals surface area contributed by atoms with E-state index in [4.69, 9.17) is 0 Å². The summed E-state index contributed by atoms with van der Waals surface area (Å²) in [6.07, 6.45) is 0.392. The molecule has 0 aliphatic carbocycles. The van der Waals surface area contributed by atoms with E-state index >= 15 is 0 Å². The molecule has 0 amide bonds. The summed E-state index contributed by atoms with van der Waals surface area (Å²) in [4.78, 5) is 0. The maximum absolute atomic E-state index is 13.1. The van der Waals surface area contributed by atoms with Crippen LogP contribution >= 0.6 is 7.92 Å². The van der Waals surface area contributed by atoms with Crippen LogP contribution in [-0.4, -0.2) is 12.8 Å². The Balaban J connectivity index is 3.52. The van der Waals surface area contributed by atoms with Crippen molar-refractivity contribution < 1.29 is 22.0 Å². The van der Waals surface area contributed by atoms with Gasteiger partial charge in [-0.05, 0) is 6.92 Å². The van der Waals surface area contributed by atoms with Gasteiger partial charge in [-0.3, -0.25) is 0 Å². The van der Waals surface area contributed by atoms with Crippen LogP contribution in [0.1, 0.15) is 6.92 Å². The quantitative estimate of drug-likeness (QED) is 0.324. The van der Waals surface area contributed by atoms with Crippen molar-refractivity contribution in [1.82, 2.24) is 0 Å². The fraction of sp³-hybridized carbons (Fsp3) is 0.333. The molecule has 0 nitrogen and oxygen atoms in total. The second kappa shape index (κ2) is 4.44. The van der Waals surface area contributed by atoms with Gasteiger partial charge in [0.1, 0.15) is 0 Å². The predicted molar refractivity (Wildman–Crippen MR) is 50.6 cm³/mol. The largest absolute Gasteiger partial charge is 0.206 e. The van der Waals surface area contributed by atoms with Gasteiger partial charge in [-0.15, -0.1) is 0 Å². The van der Waals surface area contributed by atoms with E-state index in [1.54, 1.807) is 6.92 Å². The van der Waals surface area contributed by atoms with E-state index < -0.39 is 42.3 Å². The van der Waals surface area contributed by atoms with E-state index in [1.807, 2.05) is 0 Å². The molecule has 1 unspecified atom stereocenters. The number of hydrogen-bond acceptors (Lipinski definition) is 0. The van der Waals surface area contributed by atoms with Gasteiger partial charge in [0, 0.05) is 7.92 Å². The number of rotatable bonds is 2. The Morgan fingerprint density at radius 1 is 0.800 bits per heavy atom.